The van der Waals surface area contributed by atoms with Crippen LogP contribution in [0.15, 0.2) is 30.3 Å². The van der Waals surface area contributed by atoms with Gasteiger partial charge < -0.3 is 5.32 Å². The molecule has 1 saturated heterocycles. The van der Waals surface area contributed by atoms with E-state index in [1.54, 1.807) is 11.8 Å². The first-order valence-corrected chi connectivity index (χ1v) is 6.84. The minimum atomic E-state index is 0.141. The summed E-state index contributed by atoms with van der Waals surface area (Å²) in [4.78, 5) is 11.7. The summed E-state index contributed by atoms with van der Waals surface area (Å²) in [6.45, 7) is 0.848. The molecule has 1 amide bonds. The van der Waals surface area contributed by atoms with Crippen LogP contribution in [0.3, 0.4) is 0 Å². The van der Waals surface area contributed by atoms with Crippen molar-refractivity contribution in [2.75, 3.05) is 6.54 Å². The van der Waals surface area contributed by atoms with Crippen LogP contribution < -0.4 is 5.32 Å². The molecule has 0 spiro atoms. The number of carbonyl (C=O) groups is 1. The predicted octanol–water partition coefficient (Wildman–Crippen LogP) is 2.59. The minimum absolute atomic E-state index is 0.141. The molecule has 0 bridgehead atoms. The van der Waals surface area contributed by atoms with E-state index in [4.69, 9.17) is 0 Å². The second-order valence-electron chi connectivity index (χ2n) is 4.07. The highest BCUT2D eigenvalue weighted by Gasteiger charge is 2.20. The van der Waals surface area contributed by atoms with Gasteiger partial charge in [0.05, 0.1) is 5.25 Å². The van der Waals surface area contributed by atoms with Crippen molar-refractivity contribution in [2.45, 2.75) is 30.3 Å². The number of nitrogens with one attached hydrogen (secondary N) is 1. The number of rotatable bonds is 3. The van der Waals surface area contributed by atoms with E-state index in [0.29, 0.717) is 0 Å². The van der Waals surface area contributed by atoms with Gasteiger partial charge in [0.2, 0.25) is 5.91 Å². The van der Waals surface area contributed by atoms with Gasteiger partial charge in [-0.05, 0) is 18.4 Å². The van der Waals surface area contributed by atoms with Crippen LogP contribution in [0.2, 0.25) is 0 Å². The monoisotopic (exact) mass is 235 g/mol. The molecule has 1 aromatic carbocycles. The maximum atomic E-state index is 11.7. The molecular weight excluding hydrogens is 218 g/mol. The van der Waals surface area contributed by atoms with E-state index >= 15 is 0 Å². The van der Waals surface area contributed by atoms with Gasteiger partial charge >= 0.3 is 0 Å². The highest BCUT2D eigenvalue weighted by atomic mass is 32.2. The second kappa shape index (κ2) is 5.94. The van der Waals surface area contributed by atoms with Gasteiger partial charge in [0, 0.05) is 12.3 Å². The first-order chi connectivity index (χ1) is 7.86. The maximum Gasteiger partial charge on any atom is 0.233 e. The number of carbonyl (C=O) groups excluding carboxylic acids is 1. The summed E-state index contributed by atoms with van der Waals surface area (Å²) in [7, 11) is 0. The van der Waals surface area contributed by atoms with E-state index in [1.807, 2.05) is 18.2 Å². The van der Waals surface area contributed by atoms with Crippen molar-refractivity contribution < 1.29 is 4.79 Å². The average molecular weight is 235 g/mol. The first-order valence-electron chi connectivity index (χ1n) is 5.79. The molecule has 16 heavy (non-hydrogen) atoms. The van der Waals surface area contributed by atoms with Crippen molar-refractivity contribution >= 4 is 17.7 Å². The Balaban J connectivity index is 1.86. The van der Waals surface area contributed by atoms with E-state index in [1.165, 1.54) is 5.56 Å². The van der Waals surface area contributed by atoms with Crippen molar-refractivity contribution in [3.05, 3.63) is 35.9 Å². The molecule has 1 aliphatic rings. The van der Waals surface area contributed by atoms with Gasteiger partial charge in [-0.25, -0.2) is 0 Å². The smallest absolute Gasteiger partial charge is 0.233 e. The van der Waals surface area contributed by atoms with Crippen molar-refractivity contribution in [1.82, 2.24) is 5.32 Å². The van der Waals surface area contributed by atoms with E-state index in [2.05, 4.69) is 17.4 Å². The van der Waals surface area contributed by atoms with Crippen LogP contribution in [0, 0.1) is 0 Å². The zero-order valence-electron chi connectivity index (χ0n) is 9.32. The molecule has 3 heteroatoms. The average Bonchev–Trinajstić information content (AvgIpc) is 2.53. The van der Waals surface area contributed by atoms with Crippen molar-refractivity contribution in [1.29, 1.82) is 0 Å². The lowest BCUT2D eigenvalue weighted by Crippen LogP contribution is -2.30. The van der Waals surface area contributed by atoms with Gasteiger partial charge in [0.1, 0.15) is 0 Å². The molecule has 1 fully saturated rings. The van der Waals surface area contributed by atoms with Crippen LogP contribution in [-0.2, 0) is 10.5 Å². The fourth-order valence-electron chi connectivity index (χ4n) is 1.84. The summed E-state index contributed by atoms with van der Waals surface area (Å²) < 4.78 is 0. The third-order valence-corrected chi connectivity index (χ3v) is 4.13. The lowest BCUT2D eigenvalue weighted by atomic mass is 10.2. The standard InChI is InChI=1S/C13H17NOS/c15-13-12(8-4-5-9-14-13)16-10-11-6-2-1-3-7-11/h1-3,6-7,12H,4-5,8-10H2,(H,14,15). The van der Waals surface area contributed by atoms with Gasteiger partial charge in [-0.3, -0.25) is 4.79 Å². The summed E-state index contributed by atoms with van der Waals surface area (Å²) in [6.07, 6.45) is 3.29. The molecule has 1 aromatic rings. The third-order valence-electron chi connectivity index (χ3n) is 2.78. The molecule has 0 saturated carbocycles. The summed E-state index contributed by atoms with van der Waals surface area (Å²) in [5, 5.41) is 3.11. The normalized spacial score (nSPS) is 21.2. The maximum absolute atomic E-state index is 11.7. The van der Waals surface area contributed by atoms with Crippen LogP contribution in [0.1, 0.15) is 24.8 Å². The molecule has 1 aliphatic heterocycles. The quantitative estimate of drug-likeness (QED) is 0.872. The Morgan fingerprint density at radius 3 is 2.88 bits per heavy atom. The molecule has 0 aliphatic carbocycles. The lowest BCUT2D eigenvalue weighted by Gasteiger charge is -2.12. The Morgan fingerprint density at radius 2 is 2.06 bits per heavy atom. The molecule has 1 atom stereocenters. The van der Waals surface area contributed by atoms with Crippen molar-refractivity contribution in [3.8, 4) is 0 Å². The van der Waals surface area contributed by atoms with E-state index < -0.39 is 0 Å². The molecule has 1 unspecified atom stereocenters. The fourth-order valence-corrected chi connectivity index (χ4v) is 3.00. The largest absolute Gasteiger partial charge is 0.355 e. The van der Waals surface area contributed by atoms with Gasteiger partial charge in [-0.1, -0.05) is 36.8 Å². The first kappa shape index (κ1) is 11.5. The van der Waals surface area contributed by atoms with Gasteiger partial charge in [0.15, 0.2) is 0 Å². The number of amides is 1. The molecule has 86 valence electrons. The number of thioether (sulfide) groups is 1. The van der Waals surface area contributed by atoms with Crippen LogP contribution in [0.5, 0.6) is 0 Å². The number of hydrogen-bond acceptors (Lipinski definition) is 2. The Bertz CT molecular complexity index is 339. The highest BCUT2D eigenvalue weighted by molar-refractivity contribution is 7.99. The predicted molar refractivity (Wildman–Crippen MR) is 68.4 cm³/mol. The number of benzene rings is 1. The Morgan fingerprint density at radius 1 is 1.25 bits per heavy atom. The molecule has 2 rings (SSSR count). The van der Waals surface area contributed by atoms with Crippen LogP contribution in [0.25, 0.3) is 0 Å². The van der Waals surface area contributed by atoms with Crippen molar-refractivity contribution in [3.63, 3.8) is 0 Å². The SMILES string of the molecule is O=C1NCCCCC1SCc1ccccc1. The van der Waals surface area contributed by atoms with Crippen molar-refractivity contribution in [2.24, 2.45) is 0 Å². The Labute approximate surface area is 101 Å². The minimum Gasteiger partial charge on any atom is -0.355 e. The molecule has 2 nitrogen and oxygen atoms in total. The van der Waals surface area contributed by atoms with Crippen LogP contribution in [-0.4, -0.2) is 17.7 Å². The van der Waals surface area contributed by atoms with E-state index in [0.717, 1.165) is 31.6 Å². The Kier molecular flexibility index (Phi) is 4.28. The molecule has 0 aromatic heterocycles. The van der Waals surface area contributed by atoms with Gasteiger partial charge in [-0.15, -0.1) is 11.8 Å². The third kappa shape index (κ3) is 3.27. The fraction of sp³-hybridized carbons (Fsp3) is 0.462. The zero-order chi connectivity index (χ0) is 11.2. The molecule has 0 radical (unpaired) electrons. The van der Waals surface area contributed by atoms with Crippen LogP contribution >= 0.6 is 11.8 Å². The summed E-state index contributed by atoms with van der Waals surface area (Å²) in [5.41, 5.74) is 1.30. The Hall–Kier alpha value is -0.960. The molecule has 1 heterocycles. The molecular formula is C13H17NOS. The summed E-state index contributed by atoms with van der Waals surface area (Å²) >= 11 is 1.76. The molecule has 1 N–H and O–H groups in total. The van der Waals surface area contributed by atoms with E-state index in [-0.39, 0.29) is 11.2 Å². The highest BCUT2D eigenvalue weighted by Crippen LogP contribution is 2.23. The topological polar surface area (TPSA) is 29.1 Å². The lowest BCUT2D eigenvalue weighted by molar-refractivity contribution is -0.120. The van der Waals surface area contributed by atoms with Gasteiger partial charge in [0.25, 0.3) is 0 Å². The van der Waals surface area contributed by atoms with Crippen LogP contribution in [0.4, 0.5) is 0 Å². The number of hydrogen-bond donors (Lipinski definition) is 1. The van der Waals surface area contributed by atoms with E-state index in [9.17, 15) is 4.79 Å². The summed E-state index contributed by atoms with van der Waals surface area (Å²) in [5.74, 6) is 1.15. The van der Waals surface area contributed by atoms with Gasteiger partial charge in [-0.2, -0.15) is 0 Å². The second-order valence-corrected chi connectivity index (χ2v) is 5.26. The summed E-state index contributed by atoms with van der Waals surface area (Å²) in [6, 6.07) is 10.3. The zero-order valence-corrected chi connectivity index (χ0v) is 10.1.